The summed E-state index contributed by atoms with van der Waals surface area (Å²) in [5.74, 6) is 0.910. The van der Waals surface area contributed by atoms with Crippen LogP contribution in [0.4, 0.5) is 5.95 Å². The summed E-state index contributed by atoms with van der Waals surface area (Å²) in [6.07, 6.45) is 6.04. The molecule has 110 valence electrons. The van der Waals surface area contributed by atoms with Gasteiger partial charge in [-0.05, 0) is 33.4 Å². The number of nitrogens with zero attached hydrogens (tertiary/aromatic N) is 4. The molecule has 0 aliphatic carbocycles. The van der Waals surface area contributed by atoms with Gasteiger partial charge in [0.05, 0.1) is 0 Å². The second-order valence-corrected chi connectivity index (χ2v) is 5.94. The molecule has 5 heteroatoms. The lowest BCUT2D eigenvalue weighted by Crippen LogP contribution is -2.55. The van der Waals surface area contributed by atoms with Crippen LogP contribution in [0.1, 0.15) is 30.5 Å². The summed E-state index contributed by atoms with van der Waals surface area (Å²) in [6.45, 7) is 7.49. The molecule has 0 amide bonds. The number of nitrogens with one attached hydrogen (secondary N) is 1. The van der Waals surface area contributed by atoms with Gasteiger partial charge in [0.2, 0.25) is 5.95 Å². The van der Waals surface area contributed by atoms with Crippen molar-refractivity contribution in [2.24, 2.45) is 0 Å². The number of rotatable bonds is 3. The molecule has 2 aliphatic heterocycles. The average Bonchev–Trinajstić information content (AvgIpc) is 2.49. The van der Waals surface area contributed by atoms with Gasteiger partial charge in [0, 0.05) is 49.7 Å². The highest BCUT2D eigenvalue weighted by Crippen LogP contribution is 2.23. The van der Waals surface area contributed by atoms with E-state index in [1.54, 1.807) is 0 Å². The molecule has 1 aromatic heterocycles. The van der Waals surface area contributed by atoms with Gasteiger partial charge in [-0.15, -0.1) is 0 Å². The van der Waals surface area contributed by atoms with E-state index in [9.17, 15) is 0 Å². The van der Waals surface area contributed by atoms with E-state index in [0.717, 1.165) is 37.8 Å². The van der Waals surface area contributed by atoms with E-state index in [1.807, 2.05) is 13.2 Å². The lowest BCUT2D eigenvalue weighted by atomic mass is 10.00. The van der Waals surface area contributed by atoms with Crippen LogP contribution in [-0.2, 0) is 6.54 Å². The third-order valence-electron chi connectivity index (χ3n) is 4.56. The van der Waals surface area contributed by atoms with Crippen molar-refractivity contribution < 1.29 is 0 Å². The molecule has 1 N–H and O–H groups in total. The molecule has 2 saturated heterocycles. The maximum atomic E-state index is 4.71. The van der Waals surface area contributed by atoms with Crippen molar-refractivity contribution in [2.75, 3.05) is 38.1 Å². The summed E-state index contributed by atoms with van der Waals surface area (Å²) < 4.78 is 0. The van der Waals surface area contributed by atoms with Gasteiger partial charge in [0.25, 0.3) is 0 Å². The molecule has 1 atom stereocenters. The van der Waals surface area contributed by atoms with E-state index in [0.29, 0.717) is 6.04 Å². The Morgan fingerprint density at radius 3 is 3.00 bits per heavy atom. The standard InChI is InChI=1S/C15H25N5/c1-12-13(9-16-2)10-17-15(18-12)20-8-7-19-6-4-3-5-14(19)11-20/h10,14,16H,3-9,11H2,1-2H3. The Kier molecular flexibility index (Phi) is 4.17. The number of fused-ring (bicyclic) bond motifs is 1. The molecule has 0 spiro atoms. The summed E-state index contributed by atoms with van der Waals surface area (Å²) in [5, 5.41) is 3.16. The van der Waals surface area contributed by atoms with Crippen LogP contribution in [0, 0.1) is 6.92 Å². The maximum absolute atomic E-state index is 4.71. The number of piperazine rings is 1. The molecule has 2 aliphatic rings. The summed E-state index contributed by atoms with van der Waals surface area (Å²) in [5.41, 5.74) is 2.28. The highest BCUT2D eigenvalue weighted by Gasteiger charge is 2.29. The molecule has 5 nitrogen and oxygen atoms in total. The molecular formula is C15H25N5. The quantitative estimate of drug-likeness (QED) is 0.897. The van der Waals surface area contributed by atoms with E-state index in [1.165, 1.54) is 31.4 Å². The van der Waals surface area contributed by atoms with Gasteiger partial charge in [-0.25, -0.2) is 9.97 Å². The van der Waals surface area contributed by atoms with Crippen LogP contribution in [0.3, 0.4) is 0 Å². The molecule has 2 fully saturated rings. The maximum Gasteiger partial charge on any atom is 0.225 e. The topological polar surface area (TPSA) is 44.3 Å². The zero-order chi connectivity index (χ0) is 13.9. The Labute approximate surface area is 121 Å². The number of aromatic nitrogens is 2. The molecular weight excluding hydrogens is 250 g/mol. The van der Waals surface area contributed by atoms with Gasteiger partial charge < -0.3 is 10.2 Å². The first kappa shape index (κ1) is 13.8. The summed E-state index contributed by atoms with van der Waals surface area (Å²) in [6, 6.07) is 0.707. The molecule has 0 saturated carbocycles. The molecule has 1 unspecified atom stereocenters. The van der Waals surface area contributed by atoms with E-state index in [2.05, 4.69) is 27.0 Å². The van der Waals surface area contributed by atoms with Crippen molar-refractivity contribution in [2.45, 2.75) is 38.8 Å². The van der Waals surface area contributed by atoms with Gasteiger partial charge in [-0.3, -0.25) is 4.90 Å². The predicted molar refractivity (Wildman–Crippen MR) is 81.0 cm³/mol. The predicted octanol–water partition coefficient (Wildman–Crippen LogP) is 1.18. The van der Waals surface area contributed by atoms with Gasteiger partial charge in [-0.2, -0.15) is 0 Å². The Bertz CT molecular complexity index is 462. The second kappa shape index (κ2) is 6.06. The molecule has 3 heterocycles. The lowest BCUT2D eigenvalue weighted by molar-refractivity contribution is 0.133. The first-order valence-corrected chi connectivity index (χ1v) is 7.74. The van der Waals surface area contributed by atoms with Gasteiger partial charge in [-0.1, -0.05) is 6.42 Å². The SMILES string of the molecule is CNCc1cnc(N2CCN3CCCCC3C2)nc1C. The largest absolute Gasteiger partial charge is 0.338 e. The van der Waals surface area contributed by atoms with E-state index in [-0.39, 0.29) is 0 Å². The smallest absolute Gasteiger partial charge is 0.225 e. The zero-order valence-corrected chi connectivity index (χ0v) is 12.6. The van der Waals surface area contributed by atoms with Crippen molar-refractivity contribution in [1.29, 1.82) is 0 Å². The van der Waals surface area contributed by atoms with Crippen LogP contribution in [0.25, 0.3) is 0 Å². The first-order chi connectivity index (χ1) is 9.78. The van der Waals surface area contributed by atoms with Gasteiger partial charge >= 0.3 is 0 Å². The monoisotopic (exact) mass is 275 g/mol. The summed E-state index contributed by atoms with van der Waals surface area (Å²) >= 11 is 0. The summed E-state index contributed by atoms with van der Waals surface area (Å²) in [4.78, 5) is 14.3. The Morgan fingerprint density at radius 1 is 1.30 bits per heavy atom. The summed E-state index contributed by atoms with van der Waals surface area (Å²) in [7, 11) is 1.95. The van der Waals surface area contributed by atoms with Crippen molar-refractivity contribution in [3.63, 3.8) is 0 Å². The van der Waals surface area contributed by atoms with Crippen molar-refractivity contribution in [3.8, 4) is 0 Å². The van der Waals surface area contributed by atoms with E-state index >= 15 is 0 Å². The highest BCUT2D eigenvalue weighted by molar-refractivity contribution is 5.34. The van der Waals surface area contributed by atoms with Crippen molar-refractivity contribution >= 4 is 5.95 Å². The number of aryl methyl sites for hydroxylation is 1. The Balaban J connectivity index is 1.71. The number of hydrogen-bond acceptors (Lipinski definition) is 5. The van der Waals surface area contributed by atoms with Crippen LogP contribution in [0.2, 0.25) is 0 Å². The molecule has 0 bridgehead atoms. The first-order valence-electron chi connectivity index (χ1n) is 7.74. The number of anilines is 1. The zero-order valence-electron chi connectivity index (χ0n) is 12.6. The van der Waals surface area contributed by atoms with Crippen LogP contribution in [0.5, 0.6) is 0 Å². The molecule has 1 aromatic rings. The minimum Gasteiger partial charge on any atom is -0.338 e. The van der Waals surface area contributed by atoms with E-state index in [4.69, 9.17) is 4.98 Å². The molecule has 3 rings (SSSR count). The minimum absolute atomic E-state index is 0.707. The highest BCUT2D eigenvalue weighted by atomic mass is 15.3. The molecule has 0 aromatic carbocycles. The Morgan fingerprint density at radius 2 is 2.20 bits per heavy atom. The minimum atomic E-state index is 0.707. The second-order valence-electron chi connectivity index (χ2n) is 5.94. The van der Waals surface area contributed by atoms with Crippen LogP contribution >= 0.6 is 0 Å². The average molecular weight is 275 g/mol. The van der Waals surface area contributed by atoms with Gasteiger partial charge in [0.1, 0.15) is 0 Å². The fraction of sp³-hybridized carbons (Fsp3) is 0.733. The van der Waals surface area contributed by atoms with Crippen LogP contribution in [-0.4, -0.2) is 54.1 Å². The molecule has 0 radical (unpaired) electrons. The lowest BCUT2D eigenvalue weighted by Gasteiger charge is -2.44. The fourth-order valence-electron chi connectivity index (χ4n) is 3.33. The number of piperidine rings is 1. The normalized spacial score (nSPS) is 23.7. The van der Waals surface area contributed by atoms with Crippen LogP contribution < -0.4 is 10.2 Å². The van der Waals surface area contributed by atoms with Gasteiger partial charge in [0.15, 0.2) is 0 Å². The number of hydrogen-bond donors (Lipinski definition) is 1. The third kappa shape index (κ3) is 2.79. The Hall–Kier alpha value is -1.20. The molecule has 20 heavy (non-hydrogen) atoms. The fourth-order valence-corrected chi connectivity index (χ4v) is 3.33. The van der Waals surface area contributed by atoms with Crippen molar-refractivity contribution in [3.05, 3.63) is 17.5 Å². The van der Waals surface area contributed by atoms with E-state index < -0.39 is 0 Å². The van der Waals surface area contributed by atoms with Crippen molar-refractivity contribution in [1.82, 2.24) is 20.2 Å². The third-order valence-corrected chi connectivity index (χ3v) is 4.56. The van der Waals surface area contributed by atoms with Crippen LogP contribution in [0.15, 0.2) is 6.20 Å².